The fraction of sp³-hybridized carbons (Fsp3) is 0. The van der Waals surface area contributed by atoms with Crippen molar-refractivity contribution in [2.75, 3.05) is 5.73 Å². The lowest BCUT2D eigenvalue weighted by Gasteiger charge is -2.04. The van der Waals surface area contributed by atoms with Gasteiger partial charge in [0.05, 0.1) is 17.3 Å². The van der Waals surface area contributed by atoms with Crippen LogP contribution in [0, 0.1) is 11.3 Å². The average molecular weight is 235 g/mol. The first-order chi connectivity index (χ1) is 8.78. The topological polar surface area (TPSA) is 80.0 Å². The number of hydrogen-bond acceptors (Lipinski definition) is 4. The second kappa shape index (κ2) is 3.86. The van der Waals surface area contributed by atoms with Crippen molar-refractivity contribution >= 4 is 11.6 Å². The molecule has 0 bridgehead atoms. The van der Waals surface area contributed by atoms with Crippen molar-refractivity contribution in [3.8, 4) is 17.3 Å². The minimum atomic E-state index is 0.235. The van der Waals surface area contributed by atoms with Gasteiger partial charge < -0.3 is 5.73 Å². The Morgan fingerprint density at radius 1 is 1.17 bits per heavy atom. The smallest absolute Gasteiger partial charge is 0.240 e. The van der Waals surface area contributed by atoms with E-state index in [1.807, 2.05) is 36.4 Å². The molecule has 2 N–H and O–H groups in total. The molecule has 0 saturated heterocycles. The van der Waals surface area contributed by atoms with E-state index in [4.69, 9.17) is 11.0 Å². The summed E-state index contributed by atoms with van der Waals surface area (Å²) in [5, 5.41) is 13.1. The molecule has 18 heavy (non-hydrogen) atoms. The van der Waals surface area contributed by atoms with Crippen LogP contribution in [0.15, 0.2) is 42.5 Å². The van der Waals surface area contributed by atoms with Crippen molar-refractivity contribution < 1.29 is 0 Å². The summed E-state index contributed by atoms with van der Waals surface area (Å²) in [5.41, 5.74) is 8.66. The van der Waals surface area contributed by atoms with E-state index in [9.17, 15) is 0 Å². The van der Waals surface area contributed by atoms with Gasteiger partial charge in [0.2, 0.25) is 5.95 Å². The third-order valence-electron chi connectivity index (χ3n) is 2.66. The molecule has 3 aromatic rings. The molecule has 0 unspecified atom stereocenters. The summed E-state index contributed by atoms with van der Waals surface area (Å²) in [4.78, 5) is 4.11. The molecule has 0 spiro atoms. The molecule has 5 nitrogen and oxygen atoms in total. The van der Waals surface area contributed by atoms with Crippen LogP contribution in [0.2, 0.25) is 0 Å². The number of anilines is 1. The normalized spacial score (nSPS) is 10.4. The largest absolute Gasteiger partial charge is 0.366 e. The molecule has 0 amide bonds. The highest BCUT2D eigenvalue weighted by atomic mass is 15.3. The summed E-state index contributed by atoms with van der Waals surface area (Å²) < 4.78 is 1.67. The Morgan fingerprint density at radius 2 is 2.00 bits per heavy atom. The van der Waals surface area contributed by atoms with Crippen molar-refractivity contribution in [3.63, 3.8) is 0 Å². The average Bonchev–Trinajstić information content (AvgIpc) is 2.78. The Hall–Kier alpha value is -2.87. The molecule has 2 aromatic heterocycles. The monoisotopic (exact) mass is 235 g/mol. The van der Waals surface area contributed by atoms with Crippen molar-refractivity contribution in [2.24, 2.45) is 0 Å². The second-order valence-corrected chi connectivity index (χ2v) is 3.84. The first-order valence-corrected chi connectivity index (χ1v) is 5.40. The summed E-state index contributed by atoms with van der Waals surface area (Å²) in [6.07, 6.45) is 0. The Kier molecular flexibility index (Phi) is 2.21. The van der Waals surface area contributed by atoms with Crippen molar-refractivity contribution in [1.29, 1.82) is 5.26 Å². The van der Waals surface area contributed by atoms with E-state index in [1.165, 1.54) is 0 Å². The Labute approximate surface area is 103 Å². The molecule has 0 aliphatic heterocycles. The van der Waals surface area contributed by atoms with Gasteiger partial charge in [-0.3, -0.25) is 0 Å². The Bertz CT molecular complexity index is 766. The van der Waals surface area contributed by atoms with E-state index < -0.39 is 0 Å². The van der Waals surface area contributed by atoms with Gasteiger partial charge in [0, 0.05) is 5.56 Å². The molecule has 5 heteroatoms. The number of nitrogen functional groups attached to an aromatic ring is 1. The first-order valence-electron chi connectivity index (χ1n) is 5.40. The molecular formula is C13H9N5. The molecule has 2 heterocycles. The van der Waals surface area contributed by atoms with E-state index in [0.29, 0.717) is 11.2 Å². The minimum Gasteiger partial charge on any atom is -0.366 e. The van der Waals surface area contributed by atoms with Gasteiger partial charge in [-0.25, -0.2) is 4.52 Å². The summed E-state index contributed by atoms with van der Waals surface area (Å²) in [6.45, 7) is 0. The lowest BCUT2D eigenvalue weighted by atomic mass is 10.1. The third-order valence-corrected chi connectivity index (χ3v) is 2.66. The van der Waals surface area contributed by atoms with Crippen LogP contribution in [-0.4, -0.2) is 14.6 Å². The van der Waals surface area contributed by atoms with Gasteiger partial charge in [-0.1, -0.05) is 18.2 Å². The number of nitrogens with two attached hydrogens (primary N) is 1. The number of nitriles is 1. The van der Waals surface area contributed by atoms with E-state index in [-0.39, 0.29) is 5.95 Å². The molecular weight excluding hydrogens is 226 g/mol. The molecule has 0 aliphatic rings. The van der Waals surface area contributed by atoms with Crippen LogP contribution in [0.1, 0.15) is 5.56 Å². The zero-order chi connectivity index (χ0) is 12.5. The highest BCUT2D eigenvalue weighted by molar-refractivity contribution is 5.65. The molecule has 0 radical (unpaired) electrons. The van der Waals surface area contributed by atoms with E-state index in [2.05, 4.69) is 16.2 Å². The summed E-state index contributed by atoms with van der Waals surface area (Å²) in [5.74, 6) is 0.235. The maximum Gasteiger partial charge on any atom is 0.240 e. The predicted molar refractivity (Wildman–Crippen MR) is 67.6 cm³/mol. The number of benzene rings is 1. The number of aromatic nitrogens is 3. The number of rotatable bonds is 1. The second-order valence-electron chi connectivity index (χ2n) is 3.84. The highest BCUT2D eigenvalue weighted by Gasteiger charge is 2.07. The molecule has 1 aromatic carbocycles. The summed E-state index contributed by atoms with van der Waals surface area (Å²) in [6, 6.07) is 15.1. The summed E-state index contributed by atoms with van der Waals surface area (Å²) >= 11 is 0. The molecule has 0 fully saturated rings. The van der Waals surface area contributed by atoms with Crippen molar-refractivity contribution in [1.82, 2.24) is 14.6 Å². The maximum atomic E-state index is 8.92. The number of pyridine rings is 1. The van der Waals surface area contributed by atoms with Crippen LogP contribution < -0.4 is 5.73 Å². The quantitative estimate of drug-likeness (QED) is 0.698. The van der Waals surface area contributed by atoms with E-state index in [1.54, 1.807) is 10.6 Å². The van der Waals surface area contributed by atoms with Gasteiger partial charge in [-0.15, -0.1) is 5.10 Å². The first kappa shape index (κ1) is 10.3. The van der Waals surface area contributed by atoms with Crippen molar-refractivity contribution in [3.05, 3.63) is 48.0 Å². The molecule has 0 aliphatic carbocycles. The van der Waals surface area contributed by atoms with Crippen LogP contribution in [0.5, 0.6) is 0 Å². The van der Waals surface area contributed by atoms with Gasteiger partial charge in [-0.05, 0) is 24.3 Å². The predicted octanol–water partition coefficient (Wildman–Crippen LogP) is 1.85. The SMILES string of the molecule is N#Cc1cccc(-c2cccc3nc(N)nn23)c1. The maximum absolute atomic E-state index is 8.92. The van der Waals surface area contributed by atoms with Gasteiger partial charge in [0.25, 0.3) is 0 Å². The zero-order valence-electron chi connectivity index (χ0n) is 9.41. The highest BCUT2D eigenvalue weighted by Crippen LogP contribution is 2.21. The fourth-order valence-electron chi connectivity index (χ4n) is 1.89. The van der Waals surface area contributed by atoms with E-state index >= 15 is 0 Å². The third kappa shape index (κ3) is 1.57. The van der Waals surface area contributed by atoms with Gasteiger partial charge in [0.1, 0.15) is 0 Å². The van der Waals surface area contributed by atoms with Crippen molar-refractivity contribution in [2.45, 2.75) is 0 Å². The molecule has 3 rings (SSSR count). The van der Waals surface area contributed by atoms with Crippen LogP contribution in [0.25, 0.3) is 16.9 Å². The van der Waals surface area contributed by atoms with Gasteiger partial charge in [-0.2, -0.15) is 10.2 Å². The molecule has 0 atom stereocenters. The van der Waals surface area contributed by atoms with Gasteiger partial charge in [0.15, 0.2) is 5.65 Å². The van der Waals surface area contributed by atoms with Crippen LogP contribution in [0.3, 0.4) is 0 Å². The molecule has 0 saturated carbocycles. The van der Waals surface area contributed by atoms with E-state index in [0.717, 1.165) is 11.3 Å². The zero-order valence-corrected chi connectivity index (χ0v) is 9.41. The number of nitrogens with zero attached hydrogens (tertiary/aromatic N) is 4. The lowest BCUT2D eigenvalue weighted by molar-refractivity contribution is 0.976. The standard InChI is InChI=1S/C13H9N5/c14-8-9-3-1-4-10(7-9)11-5-2-6-12-16-13(15)17-18(11)12/h1-7H,(H2,15,17). The van der Waals surface area contributed by atoms with Gasteiger partial charge >= 0.3 is 0 Å². The minimum absolute atomic E-state index is 0.235. The van der Waals surface area contributed by atoms with Crippen LogP contribution >= 0.6 is 0 Å². The Balaban J connectivity index is 2.28. The summed E-state index contributed by atoms with van der Waals surface area (Å²) in [7, 11) is 0. The van der Waals surface area contributed by atoms with Crippen LogP contribution in [0.4, 0.5) is 5.95 Å². The number of hydrogen-bond donors (Lipinski definition) is 1. The Morgan fingerprint density at radius 3 is 2.83 bits per heavy atom. The number of fused-ring (bicyclic) bond motifs is 1. The molecule has 86 valence electrons. The lowest BCUT2D eigenvalue weighted by Crippen LogP contribution is -1.94. The fourth-order valence-corrected chi connectivity index (χ4v) is 1.89. The van der Waals surface area contributed by atoms with Crippen LogP contribution in [-0.2, 0) is 0 Å².